The number of pyridine rings is 1. The van der Waals surface area contributed by atoms with E-state index in [0.717, 1.165) is 5.56 Å². The van der Waals surface area contributed by atoms with Crippen LogP contribution in [0, 0.1) is 5.41 Å². The summed E-state index contributed by atoms with van der Waals surface area (Å²) in [6.45, 7) is 9.18. The quantitative estimate of drug-likeness (QED) is 0.710. The molecule has 0 spiro atoms. The second-order valence-corrected chi connectivity index (χ2v) is 8.40. The molecule has 0 amide bonds. The van der Waals surface area contributed by atoms with Crippen LogP contribution in [-0.2, 0) is 6.54 Å². The lowest BCUT2D eigenvalue weighted by molar-refractivity contribution is 0.0693. The van der Waals surface area contributed by atoms with Crippen molar-refractivity contribution in [3.05, 3.63) is 52.3 Å². The first-order valence-corrected chi connectivity index (χ1v) is 9.87. The second kappa shape index (κ2) is 7.12. The van der Waals surface area contributed by atoms with Crippen molar-refractivity contribution >= 4 is 5.97 Å². The number of hydrogen-bond donors (Lipinski definition) is 1. The predicted molar refractivity (Wildman–Crippen MR) is 112 cm³/mol. The minimum absolute atomic E-state index is 0.101. The van der Waals surface area contributed by atoms with Crippen LogP contribution in [0.4, 0.5) is 0 Å². The molecule has 0 saturated heterocycles. The highest BCUT2D eigenvalue weighted by molar-refractivity contribution is 5.87. The van der Waals surface area contributed by atoms with Crippen LogP contribution in [0.2, 0.25) is 0 Å². The van der Waals surface area contributed by atoms with Crippen molar-refractivity contribution in [3.8, 4) is 28.7 Å². The third kappa shape index (κ3) is 3.28. The zero-order valence-electron chi connectivity index (χ0n) is 17.4. The number of carboxylic acid groups (broad SMARTS) is 1. The number of hydrogen-bond acceptors (Lipinski definition) is 5. The number of fused-ring (bicyclic) bond motifs is 3. The lowest BCUT2D eigenvalue weighted by Gasteiger charge is -2.37. The Morgan fingerprint density at radius 2 is 2.03 bits per heavy atom. The Morgan fingerprint density at radius 1 is 1.30 bits per heavy atom. The summed E-state index contributed by atoms with van der Waals surface area (Å²) in [5, 5.41) is 14.1. The summed E-state index contributed by atoms with van der Waals surface area (Å²) in [5.41, 5.74) is 0.331. The molecule has 0 unspecified atom stereocenters. The standard InChI is InChI=1S/C22H24N4O4/c1-5-30-17-9-7-6-8-13(17)19-23-20-15-10-16(27)14(21(28)29)11-25(15)18(22(2,3)4)12-26(20)24-19/h6-11,18H,5,12H2,1-4H3,(H,28,29)/t18-/m0/s1. The zero-order valence-corrected chi connectivity index (χ0v) is 17.4. The van der Waals surface area contributed by atoms with E-state index in [4.69, 9.17) is 14.8 Å². The van der Waals surface area contributed by atoms with E-state index in [1.165, 1.54) is 12.3 Å². The van der Waals surface area contributed by atoms with Gasteiger partial charge in [-0.25, -0.2) is 14.5 Å². The molecule has 0 saturated carbocycles. The van der Waals surface area contributed by atoms with Crippen LogP contribution in [0.25, 0.3) is 22.9 Å². The lowest BCUT2D eigenvalue weighted by atomic mass is 9.85. The van der Waals surface area contributed by atoms with Crippen molar-refractivity contribution in [2.24, 2.45) is 5.41 Å². The van der Waals surface area contributed by atoms with Crippen molar-refractivity contribution in [1.29, 1.82) is 0 Å². The normalized spacial score (nSPS) is 15.4. The van der Waals surface area contributed by atoms with Gasteiger partial charge < -0.3 is 14.4 Å². The van der Waals surface area contributed by atoms with Crippen LogP contribution in [0.15, 0.2) is 41.3 Å². The van der Waals surface area contributed by atoms with Crippen LogP contribution in [0.1, 0.15) is 44.1 Å². The van der Waals surface area contributed by atoms with Gasteiger partial charge in [0.15, 0.2) is 17.1 Å². The van der Waals surface area contributed by atoms with Crippen molar-refractivity contribution < 1.29 is 14.6 Å². The summed E-state index contributed by atoms with van der Waals surface area (Å²) in [6.07, 6.45) is 1.43. The van der Waals surface area contributed by atoms with E-state index in [2.05, 4.69) is 20.8 Å². The van der Waals surface area contributed by atoms with E-state index in [1.54, 1.807) is 4.68 Å². The Bertz CT molecular complexity index is 1190. The average molecular weight is 408 g/mol. The molecule has 8 heteroatoms. The molecule has 2 aromatic heterocycles. The fraction of sp³-hybridized carbons (Fsp3) is 0.364. The first-order chi connectivity index (χ1) is 14.2. The van der Waals surface area contributed by atoms with E-state index < -0.39 is 11.4 Å². The molecule has 3 heterocycles. The molecule has 0 aliphatic carbocycles. The summed E-state index contributed by atoms with van der Waals surface area (Å²) in [7, 11) is 0. The fourth-order valence-electron chi connectivity index (χ4n) is 3.80. The maximum Gasteiger partial charge on any atom is 0.341 e. The Morgan fingerprint density at radius 3 is 2.70 bits per heavy atom. The molecular weight excluding hydrogens is 384 g/mol. The average Bonchev–Trinajstić information content (AvgIpc) is 3.11. The number of rotatable bonds is 4. The third-order valence-corrected chi connectivity index (χ3v) is 5.32. The number of nitrogens with zero attached hydrogens (tertiary/aromatic N) is 4. The largest absolute Gasteiger partial charge is 0.493 e. The molecule has 3 aromatic rings. The van der Waals surface area contributed by atoms with Gasteiger partial charge in [0, 0.05) is 12.3 Å². The summed E-state index contributed by atoms with van der Waals surface area (Å²) < 4.78 is 9.37. The molecule has 1 atom stereocenters. The summed E-state index contributed by atoms with van der Waals surface area (Å²) in [6, 6.07) is 8.80. The van der Waals surface area contributed by atoms with Crippen LogP contribution >= 0.6 is 0 Å². The first-order valence-electron chi connectivity index (χ1n) is 9.87. The number of ether oxygens (including phenoxy) is 1. The summed E-state index contributed by atoms with van der Waals surface area (Å²) >= 11 is 0. The zero-order chi connectivity index (χ0) is 21.6. The number of carbonyl (C=O) groups is 1. The Balaban J connectivity index is 1.93. The van der Waals surface area contributed by atoms with Gasteiger partial charge >= 0.3 is 5.97 Å². The highest BCUT2D eigenvalue weighted by Crippen LogP contribution is 2.40. The predicted octanol–water partition coefficient (Wildman–Crippen LogP) is 3.47. The van der Waals surface area contributed by atoms with Gasteiger partial charge in [-0.05, 0) is 24.5 Å². The first kappa shape index (κ1) is 19.9. The Labute approximate surface area is 173 Å². The van der Waals surface area contributed by atoms with Crippen LogP contribution in [0.5, 0.6) is 5.75 Å². The lowest BCUT2D eigenvalue weighted by Crippen LogP contribution is -2.35. The van der Waals surface area contributed by atoms with Gasteiger partial charge in [0.2, 0.25) is 0 Å². The Hall–Kier alpha value is -3.42. The topological polar surface area (TPSA) is 99.2 Å². The fourth-order valence-corrected chi connectivity index (χ4v) is 3.80. The number of benzene rings is 1. The smallest absolute Gasteiger partial charge is 0.341 e. The van der Waals surface area contributed by atoms with Gasteiger partial charge in [-0.2, -0.15) is 5.10 Å². The van der Waals surface area contributed by atoms with Gasteiger partial charge in [-0.1, -0.05) is 32.9 Å². The summed E-state index contributed by atoms with van der Waals surface area (Å²) in [5.74, 6) is 0.492. The van der Waals surface area contributed by atoms with Gasteiger partial charge in [0.1, 0.15) is 11.3 Å². The van der Waals surface area contributed by atoms with Gasteiger partial charge in [-0.3, -0.25) is 4.79 Å². The van der Waals surface area contributed by atoms with E-state index in [9.17, 15) is 14.7 Å². The molecular formula is C22H24N4O4. The maximum atomic E-state index is 12.4. The number of para-hydroxylation sites is 1. The molecule has 1 N–H and O–H groups in total. The van der Waals surface area contributed by atoms with E-state index in [0.29, 0.717) is 36.2 Å². The molecule has 0 fully saturated rings. The number of aromatic carboxylic acids is 1. The monoisotopic (exact) mass is 408 g/mol. The number of carboxylic acids is 1. The molecule has 156 valence electrons. The van der Waals surface area contributed by atoms with Gasteiger partial charge in [0.05, 0.1) is 30.5 Å². The highest BCUT2D eigenvalue weighted by atomic mass is 16.5. The molecule has 8 nitrogen and oxygen atoms in total. The molecule has 0 bridgehead atoms. The molecule has 4 rings (SSSR count). The summed E-state index contributed by atoms with van der Waals surface area (Å²) in [4.78, 5) is 28.7. The van der Waals surface area contributed by atoms with Crippen molar-refractivity contribution in [2.45, 2.75) is 40.3 Å². The maximum absolute atomic E-state index is 12.4. The van der Waals surface area contributed by atoms with E-state index in [1.807, 2.05) is 35.8 Å². The molecule has 1 aliphatic rings. The molecule has 1 aromatic carbocycles. The second-order valence-electron chi connectivity index (χ2n) is 8.40. The highest BCUT2D eigenvalue weighted by Gasteiger charge is 2.35. The Kier molecular flexibility index (Phi) is 4.72. The van der Waals surface area contributed by atoms with Crippen LogP contribution in [-0.4, -0.2) is 37.0 Å². The van der Waals surface area contributed by atoms with Gasteiger partial charge in [-0.15, -0.1) is 0 Å². The molecule has 0 radical (unpaired) electrons. The van der Waals surface area contributed by atoms with Crippen molar-refractivity contribution in [1.82, 2.24) is 19.3 Å². The minimum atomic E-state index is -1.23. The van der Waals surface area contributed by atoms with E-state index >= 15 is 0 Å². The van der Waals surface area contributed by atoms with Crippen LogP contribution < -0.4 is 10.2 Å². The molecule has 1 aliphatic heterocycles. The third-order valence-electron chi connectivity index (χ3n) is 5.32. The minimum Gasteiger partial charge on any atom is -0.493 e. The molecule has 30 heavy (non-hydrogen) atoms. The van der Waals surface area contributed by atoms with Gasteiger partial charge in [0.25, 0.3) is 0 Å². The van der Waals surface area contributed by atoms with E-state index in [-0.39, 0.29) is 17.0 Å². The van der Waals surface area contributed by atoms with Crippen molar-refractivity contribution in [3.63, 3.8) is 0 Å². The SMILES string of the molecule is CCOc1ccccc1-c1nc2n(n1)C[C@@H](C(C)(C)C)n1cc(C(=O)O)c(=O)cc1-2. The number of aromatic nitrogens is 4. The van der Waals surface area contributed by atoms with Crippen molar-refractivity contribution in [2.75, 3.05) is 6.61 Å². The van der Waals surface area contributed by atoms with Crippen LogP contribution in [0.3, 0.4) is 0 Å².